The maximum absolute atomic E-state index is 12.7. The van der Waals surface area contributed by atoms with Gasteiger partial charge in [0.2, 0.25) is 5.91 Å². The van der Waals surface area contributed by atoms with Gasteiger partial charge in [0.25, 0.3) is 5.91 Å². The first-order valence-electron chi connectivity index (χ1n) is 8.51. The monoisotopic (exact) mass is 362 g/mol. The molecule has 1 atom stereocenters. The maximum atomic E-state index is 12.7. The van der Waals surface area contributed by atoms with Crippen molar-refractivity contribution in [1.82, 2.24) is 20.0 Å². The van der Waals surface area contributed by atoms with Crippen molar-refractivity contribution in [2.45, 2.75) is 53.1 Å². The van der Waals surface area contributed by atoms with Crippen LogP contribution in [0.3, 0.4) is 0 Å². The van der Waals surface area contributed by atoms with Crippen molar-refractivity contribution in [3.8, 4) is 0 Å². The summed E-state index contributed by atoms with van der Waals surface area (Å²) in [6, 6.07) is 1.30. The van der Waals surface area contributed by atoms with E-state index in [-0.39, 0.29) is 22.8 Å². The van der Waals surface area contributed by atoms with Crippen LogP contribution in [-0.2, 0) is 11.8 Å². The summed E-state index contributed by atoms with van der Waals surface area (Å²) in [6.45, 7) is 12.9. The minimum absolute atomic E-state index is 0.0309. The molecule has 7 heteroatoms. The molecule has 2 amide bonds. The SMILES string of the molecule is Cc1nn(C)c2sc(C(=O)N[C@@H](C)C(=O)N3CC(C)(C)C3(C)C)cc12. The largest absolute Gasteiger partial charge is 0.340 e. The summed E-state index contributed by atoms with van der Waals surface area (Å²) < 4.78 is 1.78. The molecular weight excluding hydrogens is 336 g/mol. The van der Waals surface area contributed by atoms with Crippen LogP contribution >= 0.6 is 11.3 Å². The van der Waals surface area contributed by atoms with Crippen molar-refractivity contribution >= 4 is 33.4 Å². The van der Waals surface area contributed by atoms with E-state index in [9.17, 15) is 9.59 Å². The van der Waals surface area contributed by atoms with Crippen LogP contribution in [0.25, 0.3) is 10.2 Å². The van der Waals surface area contributed by atoms with E-state index in [4.69, 9.17) is 0 Å². The first kappa shape index (κ1) is 17.9. The fraction of sp³-hybridized carbons (Fsp3) is 0.611. The number of carbonyl (C=O) groups is 2. The van der Waals surface area contributed by atoms with E-state index >= 15 is 0 Å². The van der Waals surface area contributed by atoms with Crippen molar-refractivity contribution in [3.05, 3.63) is 16.6 Å². The average molecular weight is 362 g/mol. The normalized spacial score (nSPS) is 19.6. The molecule has 2 aromatic rings. The van der Waals surface area contributed by atoms with Gasteiger partial charge in [0, 0.05) is 29.9 Å². The van der Waals surface area contributed by atoms with Crippen LogP contribution in [0.1, 0.15) is 50.0 Å². The highest BCUT2D eigenvalue weighted by molar-refractivity contribution is 7.20. The molecule has 0 bridgehead atoms. The van der Waals surface area contributed by atoms with Gasteiger partial charge < -0.3 is 10.2 Å². The molecule has 3 heterocycles. The van der Waals surface area contributed by atoms with Gasteiger partial charge in [0.05, 0.1) is 10.6 Å². The standard InChI is InChI=1S/C18H26N4O2S/c1-10-12-8-13(25-16(12)21(7)20-10)14(23)19-11(2)15(24)22-9-17(3,4)18(22,5)6/h8,11H,9H2,1-7H3,(H,19,23)/t11-/m0/s1. The zero-order valence-corrected chi connectivity index (χ0v) is 16.7. The Hall–Kier alpha value is -1.89. The number of nitrogens with zero attached hydrogens (tertiary/aromatic N) is 3. The number of hydrogen-bond donors (Lipinski definition) is 1. The lowest BCUT2D eigenvalue weighted by Gasteiger charge is -2.61. The second-order valence-corrected chi connectivity index (χ2v) is 9.13. The third-order valence-corrected chi connectivity index (χ3v) is 6.99. The summed E-state index contributed by atoms with van der Waals surface area (Å²) in [6.07, 6.45) is 0. The second kappa shape index (κ2) is 5.56. The van der Waals surface area contributed by atoms with Gasteiger partial charge in [0.15, 0.2) is 0 Å². The molecule has 1 N–H and O–H groups in total. The van der Waals surface area contributed by atoms with Crippen LogP contribution in [0, 0.1) is 12.3 Å². The van der Waals surface area contributed by atoms with E-state index in [1.165, 1.54) is 11.3 Å². The fourth-order valence-corrected chi connectivity index (χ4v) is 4.32. The molecule has 1 fully saturated rings. The maximum Gasteiger partial charge on any atom is 0.262 e. The van der Waals surface area contributed by atoms with E-state index in [1.807, 2.05) is 24.9 Å². The molecule has 25 heavy (non-hydrogen) atoms. The minimum Gasteiger partial charge on any atom is -0.340 e. The summed E-state index contributed by atoms with van der Waals surface area (Å²) in [5.41, 5.74) is 0.785. The highest BCUT2D eigenvalue weighted by Crippen LogP contribution is 2.46. The summed E-state index contributed by atoms with van der Waals surface area (Å²) in [5.74, 6) is -0.240. The summed E-state index contributed by atoms with van der Waals surface area (Å²) >= 11 is 1.40. The molecule has 0 aromatic carbocycles. The van der Waals surface area contributed by atoms with E-state index in [2.05, 4.69) is 38.1 Å². The zero-order valence-electron chi connectivity index (χ0n) is 15.9. The Kier molecular flexibility index (Phi) is 3.98. The smallest absolute Gasteiger partial charge is 0.262 e. The van der Waals surface area contributed by atoms with Gasteiger partial charge in [-0.1, -0.05) is 13.8 Å². The summed E-state index contributed by atoms with van der Waals surface area (Å²) in [5, 5.41) is 8.18. The molecule has 136 valence electrons. The fourth-order valence-electron chi connectivity index (χ4n) is 3.29. The Bertz CT molecular complexity index is 827. The Morgan fingerprint density at radius 3 is 2.48 bits per heavy atom. The Morgan fingerprint density at radius 2 is 1.96 bits per heavy atom. The topological polar surface area (TPSA) is 67.2 Å². The predicted molar refractivity (Wildman–Crippen MR) is 99.8 cm³/mol. The summed E-state index contributed by atoms with van der Waals surface area (Å²) in [7, 11) is 1.87. The minimum atomic E-state index is -0.549. The molecular formula is C18H26N4O2S. The highest BCUT2D eigenvalue weighted by atomic mass is 32.1. The number of aromatic nitrogens is 2. The predicted octanol–water partition coefficient (Wildman–Crippen LogP) is 2.71. The molecule has 0 unspecified atom stereocenters. The van der Waals surface area contributed by atoms with E-state index in [1.54, 1.807) is 11.6 Å². The van der Waals surface area contributed by atoms with Gasteiger partial charge in [0.1, 0.15) is 10.9 Å². The van der Waals surface area contributed by atoms with Crippen LogP contribution in [0.15, 0.2) is 6.07 Å². The molecule has 0 saturated carbocycles. The Labute approximate surface area is 152 Å². The quantitative estimate of drug-likeness (QED) is 0.913. The van der Waals surface area contributed by atoms with Gasteiger partial charge in [-0.05, 0) is 33.8 Å². The number of aryl methyl sites for hydroxylation is 2. The average Bonchev–Trinajstić information content (AvgIpc) is 3.06. The number of hydrogen-bond acceptors (Lipinski definition) is 4. The number of thiophene rings is 1. The van der Waals surface area contributed by atoms with Gasteiger partial charge >= 0.3 is 0 Å². The van der Waals surface area contributed by atoms with E-state index in [0.29, 0.717) is 11.4 Å². The van der Waals surface area contributed by atoms with Crippen molar-refractivity contribution in [2.24, 2.45) is 12.5 Å². The molecule has 1 aliphatic heterocycles. The summed E-state index contributed by atoms with van der Waals surface area (Å²) in [4.78, 5) is 28.7. The lowest BCUT2D eigenvalue weighted by atomic mass is 9.65. The number of nitrogens with one attached hydrogen (secondary N) is 1. The Morgan fingerprint density at radius 1 is 1.32 bits per heavy atom. The second-order valence-electron chi connectivity index (χ2n) is 8.10. The van der Waals surface area contributed by atoms with Gasteiger partial charge in [-0.15, -0.1) is 11.3 Å². The molecule has 6 nitrogen and oxygen atoms in total. The number of fused-ring (bicyclic) bond motifs is 1. The van der Waals surface area contributed by atoms with Gasteiger partial charge in [-0.2, -0.15) is 5.10 Å². The molecule has 1 aliphatic rings. The lowest BCUT2D eigenvalue weighted by Crippen LogP contribution is -2.72. The third kappa shape index (κ3) is 2.65. The molecule has 0 radical (unpaired) electrons. The molecule has 1 saturated heterocycles. The molecule has 0 aliphatic carbocycles. The van der Waals surface area contributed by atoms with Crippen molar-refractivity contribution in [1.29, 1.82) is 0 Å². The number of rotatable bonds is 3. The third-order valence-electron chi connectivity index (χ3n) is 5.79. The number of likely N-dealkylation sites (tertiary alicyclic amines) is 1. The van der Waals surface area contributed by atoms with Crippen LogP contribution < -0.4 is 5.32 Å². The number of amides is 2. The van der Waals surface area contributed by atoms with Crippen molar-refractivity contribution in [2.75, 3.05) is 6.54 Å². The van der Waals surface area contributed by atoms with Gasteiger partial charge in [-0.25, -0.2) is 0 Å². The highest BCUT2D eigenvalue weighted by Gasteiger charge is 2.55. The van der Waals surface area contributed by atoms with E-state index < -0.39 is 6.04 Å². The van der Waals surface area contributed by atoms with Crippen molar-refractivity contribution in [3.63, 3.8) is 0 Å². The van der Waals surface area contributed by atoms with E-state index in [0.717, 1.165) is 15.9 Å². The first-order chi connectivity index (χ1) is 11.5. The van der Waals surface area contributed by atoms with Crippen LogP contribution in [0.4, 0.5) is 0 Å². The Balaban J connectivity index is 1.72. The molecule has 0 spiro atoms. The number of carbonyl (C=O) groups excluding carboxylic acids is 2. The lowest BCUT2D eigenvalue weighted by molar-refractivity contribution is -0.168. The first-order valence-corrected chi connectivity index (χ1v) is 9.33. The molecule has 2 aromatic heterocycles. The van der Waals surface area contributed by atoms with Crippen molar-refractivity contribution < 1.29 is 9.59 Å². The zero-order chi connectivity index (χ0) is 18.7. The van der Waals surface area contributed by atoms with Crippen LogP contribution in [0.2, 0.25) is 0 Å². The van der Waals surface area contributed by atoms with Crippen LogP contribution in [0.5, 0.6) is 0 Å². The molecule has 3 rings (SSSR count). The van der Waals surface area contributed by atoms with Gasteiger partial charge in [-0.3, -0.25) is 14.3 Å². The van der Waals surface area contributed by atoms with Crippen LogP contribution in [-0.4, -0.2) is 44.6 Å².